The average Bonchev–Trinajstić information content (AvgIpc) is 2.63. The third-order valence-corrected chi connectivity index (χ3v) is 3.68. The number of benzene rings is 2. The summed E-state index contributed by atoms with van der Waals surface area (Å²) in [5.41, 5.74) is 1.80. The van der Waals surface area contributed by atoms with Crippen molar-refractivity contribution >= 4 is 29.6 Å². The van der Waals surface area contributed by atoms with Crippen LogP contribution < -0.4 is 10.1 Å². The van der Waals surface area contributed by atoms with E-state index in [1.165, 1.54) is 12.2 Å². The first kappa shape index (κ1) is 19.5. The highest BCUT2D eigenvalue weighted by Crippen LogP contribution is 2.16. The Balaban J connectivity index is 1.63. The topological polar surface area (TPSA) is 64.6 Å². The van der Waals surface area contributed by atoms with Crippen LogP contribution in [0.15, 0.2) is 54.6 Å². The summed E-state index contributed by atoms with van der Waals surface area (Å²) in [6.45, 7) is 2.27. The highest BCUT2D eigenvalue weighted by atomic mass is 35.5. The Kier molecular flexibility index (Phi) is 7.71. The molecule has 0 atom stereocenters. The molecule has 0 aromatic heterocycles. The van der Waals surface area contributed by atoms with Gasteiger partial charge in [0.1, 0.15) is 12.4 Å². The van der Waals surface area contributed by atoms with Gasteiger partial charge in [-0.05, 0) is 42.3 Å². The van der Waals surface area contributed by atoms with Gasteiger partial charge in [-0.1, -0.05) is 41.9 Å². The number of hydrogen-bond donors (Lipinski definition) is 1. The van der Waals surface area contributed by atoms with Crippen LogP contribution in [-0.2, 0) is 14.3 Å². The van der Waals surface area contributed by atoms with E-state index in [4.69, 9.17) is 21.1 Å². The molecule has 1 N–H and O–H groups in total. The van der Waals surface area contributed by atoms with Gasteiger partial charge in [0.15, 0.2) is 6.61 Å². The summed E-state index contributed by atoms with van der Waals surface area (Å²) in [7, 11) is 0. The van der Waals surface area contributed by atoms with Gasteiger partial charge in [-0.3, -0.25) is 4.79 Å². The van der Waals surface area contributed by atoms with Crippen molar-refractivity contribution in [1.82, 2.24) is 5.32 Å². The number of rotatable bonds is 8. The summed E-state index contributed by atoms with van der Waals surface area (Å²) in [6, 6.07) is 14.7. The predicted octanol–water partition coefficient (Wildman–Crippen LogP) is 3.40. The molecule has 6 heteroatoms. The summed E-state index contributed by atoms with van der Waals surface area (Å²) >= 11 is 5.98. The van der Waals surface area contributed by atoms with Crippen molar-refractivity contribution in [2.45, 2.75) is 6.92 Å². The van der Waals surface area contributed by atoms with E-state index in [9.17, 15) is 9.59 Å². The number of hydrogen-bond acceptors (Lipinski definition) is 4. The van der Waals surface area contributed by atoms with Crippen LogP contribution in [0.3, 0.4) is 0 Å². The Bertz CT molecular complexity index is 789. The van der Waals surface area contributed by atoms with Crippen LogP contribution in [0, 0.1) is 6.92 Å². The van der Waals surface area contributed by atoms with Gasteiger partial charge in [0.05, 0.1) is 6.54 Å². The first-order valence-corrected chi connectivity index (χ1v) is 8.48. The predicted molar refractivity (Wildman–Crippen MR) is 101 cm³/mol. The second kappa shape index (κ2) is 10.3. The average molecular weight is 374 g/mol. The number of amides is 1. The summed E-state index contributed by atoms with van der Waals surface area (Å²) in [6.07, 6.45) is 2.77. The van der Waals surface area contributed by atoms with Gasteiger partial charge in [0.25, 0.3) is 5.91 Å². The molecule has 2 rings (SSSR count). The molecule has 0 radical (unpaired) electrons. The van der Waals surface area contributed by atoms with Gasteiger partial charge in [-0.2, -0.15) is 0 Å². The van der Waals surface area contributed by atoms with Crippen molar-refractivity contribution in [3.63, 3.8) is 0 Å². The largest absolute Gasteiger partial charge is 0.492 e. The zero-order chi connectivity index (χ0) is 18.8. The molecule has 1 amide bonds. The molecule has 0 spiro atoms. The zero-order valence-corrected chi connectivity index (χ0v) is 15.2. The number of carbonyl (C=O) groups is 2. The number of halogens is 1. The molecule has 0 aliphatic rings. The molecule has 2 aromatic rings. The minimum atomic E-state index is -0.615. The van der Waals surface area contributed by atoms with Crippen molar-refractivity contribution in [3.05, 3.63) is 70.8 Å². The molecule has 0 fully saturated rings. The standard InChI is InChI=1S/C20H20ClNO4/c1-15-5-4-7-17(13-15)25-12-11-22-19(23)14-26-20(24)10-9-16-6-2-3-8-18(16)21/h2-10,13H,11-12,14H2,1H3,(H,22,23)/b10-9+. The van der Waals surface area contributed by atoms with Gasteiger partial charge in [-0.15, -0.1) is 0 Å². The maximum Gasteiger partial charge on any atom is 0.331 e. The van der Waals surface area contributed by atoms with Crippen molar-refractivity contribution in [2.75, 3.05) is 19.8 Å². The van der Waals surface area contributed by atoms with Crippen LogP contribution in [0.4, 0.5) is 0 Å². The minimum absolute atomic E-state index is 0.319. The van der Waals surface area contributed by atoms with Crippen molar-refractivity contribution in [1.29, 1.82) is 0 Å². The molecule has 0 saturated carbocycles. The number of aryl methyl sites for hydroxylation is 1. The van der Waals surface area contributed by atoms with Crippen LogP contribution in [0.2, 0.25) is 5.02 Å². The molecule has 5 nitrogen and oxygen atoms in total. The molecule has 0 saturated heterocycles. The van der Waals surface area contributed by atoms with Crippen LogP contribution in [0.1, 0.15) is 11.1 Å². The third-order valence-electron chi connectivity index (χ3n) is 3.33. The summed E-state index contributed by atoms with van der Waals surface area (Å²) in [5, 5.41) is 3.15. The molecular weight excluding hydrogens is 354 g/mol. The molecule has 0 aliphatic carbocycles. The fourth-order valence-electron chi connectivity index (χ4n) is 2.07. The maximum absolute atomic E-state index is 11.7. The Labute approximate surface area is 157 Å². The second-order valence-electron chi connectivity index (χ2n) is 5.48. The Morgan fingerprint density at radius 1 is 1.15 bits per heavy atom. The lowest BCUT2D eigenvalue weighted by molar-refractivity contribution is -0.143. The molecular formula is C20H20ClNO4. The zero-order valence-electron chi connectivity index (χ0n) is 14.4. The number of nitrogens with one attached hydrogen (secondary N) is 1. The quantitative estimate of drug-likeness (QED) is 0.437. The van der Waals surface area contributed by atoms with E-state index in [1.807, 2.05) is 37.3 Å². The van der Waals surface area contributed by atoms with Crippen LogP contribution >= 0.6 is 11.6 Å². The monoisotopic (exact) mass is 373 g/mol. The first-order valence-electron chi connectivity index (χ1n) is 8.10. The highest BCUT2D eigenvalue weighted by molar-refractivity contribution is 6.32. The lowest BCUT2D eigenvalue weighted by Crippen LogP contribution is -2.31. The molecule has 0 bridgehead atoms. The van der Waals surface area contributed by atoms with Gasteiger partial charge >= 0.3 is 5.97 Å². The van der Waals surface area contributed by atoms with E-state index in [0.717, 1.165) is 11.3 Å². The smallest absolute Gasteiger partial charge is 0.331 e. The van der Waals surface area contributed by atoms with E-state index in [0.29, 0.717) is 23.7 Å². The molecule has 0 heterocycles. The summed E-state index contributed by atoms with van der Waals surface area (Å²) in [4.78, 5) is 23.3. The van der Waals surface area contributed by atoms with E-state index >= 15 is 0 Å². The van der Waals surface area contributed by atoms with E-state index in [-0.39, 0.29) is 6.61 Å². The van der Waals surface area contributed by atoms with Crippen LogP contribution in [-0.4, -0.2) is 31.6 Å². The molecule has 136 valence electrons. The normalized spacial score (nSPS) is 10.5. The maximum atomic E-state index is 11.7. The highest BCUT2D eigenvalue weighted by Gasteiger charge is 2.05. The molecule has 0 unspecified atom stereocenters. The fraction of sp³-hybridized carbons (Fsp3) is 0.200. The lowest BCUT2D eigenvalue weighted by Gasteiger charge is -2.08. The van der Waals surface area contributed by atoms with Crippen LogP contribution in [0.25, 0.3) is 6.08 Å². The molecule has 26 heavy (non-hydrogen) atoms. The minimum Gasteiger partial charge on any atom is -0.492 e. The van der Waals surface area contributed by atoms with E-state index < -0.39 is 11.9 Å². The van der Waals surface area contributed by atoms with Gasteiger partial charge in [0, 0.05) is 11.1 Å². The van der Waals surface area contributed by atoms with Gasteiger partial charge in [-0.25, -0.2) is 4.79 Å². The van der Waals surface area contributed by atoms with Gasteiger partial charge in [0.2, 0.25) is 0 Å². The van der Waals surface area contributed by atoms with Crippen molar-refractivity contribution in [2.24, 2.45) is 0 Å². The van der Waals surface area contributed by atoms with E-state index in [2.05, 4.69) is 5.32 Å². The van der Waals surface area contributed by atoms with Crippen LogP contribution in [0.5, 0.6) is 5.75 Å². The number of carbonyl (C=O) groups excluding carboxylic acids is 2. The van der Waals surface area contributed by atoms with Crippen molar-refractivity contribution < 1.29 is 19.1 Å². The Morgan fingerprint density at radius 2 is 1.96 bits per heavy atom. The van der Waals surface area contributed by atoms with E-state index in [1.54, 1.807) is 18.2 Å². The Hall–Kier alpha value is -2.79. The fourth-order valence-corrected chi connectivity index (χ4v) is 2.27. The summed E-state index contributed by atoms with van der Waals surface area (Å²) in [5.74, 6) is -0.260. The lowest BCUT2D eigenvalue weighted by atomic mass is 10.2. The van der Waals surface area contributed by atoms with Crippen molar-refractivity contribution in [3.8, 4) is 5.75 Å². The first-order chi connectivity index (χ1) is 12.5. The number of esters is 1. The Morgan fingerprint density at radius 3 is 2.73 bits per heavy atom. The summed E-state index contributed by atoms with van der Waals surface area (Å²) < 4.78 is 10.4. The second-order valence-corrected chi connectivity index (χ2v) is 5.88. The third kappa shape index (κ3) is 6.99. The van der Waals surface area contributed by atoms with Gasteiger partial charge < -0.3 is 14.8 Å². The number of ether oxygens (including phenoxy) is 2. The molecule has 2 aromatic carbocycles. The molecule has 0 aliphatic heterocycles. The SMILES string of the molecule is Cc1cccc(OCCNC(=O)COC(=O)/C=C/c2ccccc2Cl)c1.